The first-order valence-electron chi connectivity index (χ1n) is 10.0. The highest BCUT2D eigenvalue weighted by atomic mass is 19.1. The lowest BCUT2D eigenvalue weighted by atomic mass is 9.87. The summed E-state index contributed by atoms with van der Waals surface area (Å²) in [7, 11) is 0. The molecular formula is C24H28FN4O. The minimum absolute atomic E-state index is 0.0969. The van der Waals surface area contributed by atoms with Crippen molar-refractivity contribution in [1.82, 2.24) is 14.9 Å². The van der Waals surface area contributed by atoms with Gasteiger partial charge in [-0.25, -0.2) is 9.37 Å². The van der Waals surface area contributed by atoms with Crippen LogP contribution in [0.3, 0.4) is 0 Å². The zero-order valence-corrected chi connectivity index (χ0v) is 17.4. The maximum atomic E-state index is 13.4. The Balaban J connectivity index is 1.86. The molecule has 3 N–H and O–H groups in total. The largest absolute Gasteiger partial charge is 0.353 e. The van der Waals surface area contributed by atoms with E-state index in [4.69, 9.17) is 10.7 Å². The molecule has 5 nitrogen and oxygen atoms in total. The Morgan fingerprint density at radius 2 is 1.80 bits per heavy atom. The monoisotopic (exact) mass is 407 g/mol. The summed E-state index contributed by atoms with van der Waals surface area (Å²) in [4.78, 5) is 17.4. The number of halogens is 1. The maximum absolute atomic E-state index is 13.4. The lowest BCUT2D eigenvalue weighted by Gasteiger charge is -2.23. The van der Waals surface area contributed by atoms with Gasteiger partial charge < -0.3 is 15.6 Å². The predicted octanol–water partition coefficient (Wildman–Crippen LogP) is 3.59. The van der Waals surface area contributed by atoms with E-state index < -0.39 is 11.6 Å². The molecule has 0 unspecified atom stereocenters. The summed E-state index contributed by atoms with van der Waals surface area (Å²) in [5.41, 5.74) is 7.39. The van der Waals surface area contributed by atoms with Crippen molar-refractivity contribution in [2.24, 2.45) is 11.1 Å². The molecule has 2 aromatic carbocycles. The predicted molar refractivity (Wildman–Crippen MR) is 117 cm³/mol. The Morgan fingerprint density at radius 1 is 1.17 bits per heavy atom. The number of imidazole rings is 1. The molecule has 1 radical (unpaired) electrons. The van der Waals surface area contributed by atoms with Crippen molar-refractivity contribution >= 4 is 5.91 Å². The Labute approximate surface area is 177 Å². The first-order chi connectivity index (χ1) is 14.4. The van der Waals surface area contributed by atoms with Crippen LogP contribution in [0.4, 0.5) is 4.39 Å². The minimum atomic E-state index is -1.26. The number of amides is 1. The van der Waals surface area contributed by atoms with Gasteiger partial charge in [0.2, 0.25) is 5.91 Å². The number of hydrogen-bond donors (Lipinski definition) is 2. The van der Waals surface area contributed by atoms with Gasteiger partial charge in [0.25, 0.3) is 0 Å². The van der Waals surface area contributed by atoms with Gasteiger partial charge in [-0.05, 0) is 5.56 Å². The molecule has 30 heavy (non-hydrogen) atoms. The second-order valence-electron chi connectivity index (χ2n) is 7.87. The lowest BCUT2D eigenvalue weighted by Crippen LogP contribution is -2.42. The molecule has 0 bridgehead atoms. The summed E-state index contributed by atoms with van der Waals surface area (Å²) in [6.07, 6.45) is 2.57. The third-order valence-corrected chi connectivity index (χ3v) is 4.89. The van der Waals surface area contributed by atoms with Crippen molar-refractivity contribution in [3.05, 3.63) is 84.7 Å². The fraction of sp³-hybridized carbons (Fsp3) is 0.292. The van der Waals surface area contributed by atoms with Gasteiger partial charge in [0.15, 0.2) is 0 Å². The van der Waals surface area contributed by atoms with Crippen molar-refractivity contribution in [3.63, 3.8) is 0 Å². The van der Waals surface area contributed by atoms with Crippen LogP contribution in [0.15, 0.2) is 66.9 Å². The van der Waals surface area contributed by atoms with E-state index in [1.807, 2.05) is 65.7 Å². The normalized spacial score (nSPS) is 12.5. The highest BCUT2D eigenvalue weighted by Gasteiger charge is 2.31. The molecule has 1 atom stereocenters. The zero-order valence-electron chi connectivity index (χ0n) is 17.4. The molecule has 0 saturated heterocycles. The van der Waals surface area contributed by atoms with Crippen molar-refractivity contribution in [2.75, 3.05) is 13.1 Å². The van der Waals surface area contributed by atoms with Crippen molar-refractivity contribution in [1.29, 1.82) is 0 Å². The van der Waals surface area contributed by atoms with Gasteiger partial charge in [-0.3, -0.25) is 4.79 Å². The number of nitrogens with two attached hydrogens (primary N) is 1. The number of hydrogen-bond acceptors (Lipinski definition) is 3. The van der Waals surface area contributed by atoms with Crippen LogP contribution in [0.1, 0.15) is 25.2 Å². The van der Waals surface area contributed by atoms with Crippen LogP contribution in [-0.2, 0) is 11.3 Å². The van der Waals surface area contributed by atoms with Crippen LogP contribution in [0.2, 0.25) is 0 Å². The maximum Gasteiger partial charge on any atom is 0.226 e. The molecule has 0 saturated carbocycles. The van der Waals surface area contributed by atoms with Crippen LogP contribution < -0.4 is 11.1 Å². The van der Waals surface area contributed by atoms with Gasteiger partial charge in [-0.15, -0.1) is 0 Å². The van der Waals surface area contributed by atoms with Gasteiger partial charge in [0.05, 0.1) is 17.7 Å². The van der Waals surface area contributed by atoms with Crippen LogP contribution in [-0.4, -0.2) is 34.7 Å². The van der Waals surface area contributed by atoms with E-state index in [9.17, 15) is 9.18 Å². The molecule has 0 spiro atoms. The average Bonchev–Trinajstić information content (AvgIpc) is 3.14. The highest BCUT2D eigenvalue weighted by molar-refractivity contribution is 5.83. The summed E-state index contributed by atoms with van der Waals surface area (Å²) in [6, 6.07) is 20.0. The summed E-state index contributed by atoms with van der Waals surface area (Å²) in [5.74, 6) is 0.419. The number of aromatic nitrogens is 2. The first-order valence-corrected chi connectivity index (χ1v) is 10.0. The van der Waals surface area contributed by atoms with Gasteiger partial charge >= 0.3 is 0 Å². The van der Waals surface area contributed by atoms with E-state index in [-0.39, 0.29) is 19.0 Å². The number of nitrogens with zero attached hydrogens (tertiary/aromatic N) is 2. The fourth-order valence-electron chi connectivity index (χ4n) is 3.10. The van der Waals surface area contributed by atoms with Crippen molar-refractivity contribution in [3.8, 4) is 11.3 Å². The first kappa shape index (κ1) is 21.7. The molecule has 1 amide bonds. The Morgan fingerprint density at radius 3 is 2.43 bits per heavy atom. The van der Waals surface area contributed by atoms with Gasteiger partial charge in [0.1, 0.15) is 12.0 Å². The molecule has 1 aromatic heterocycles. The molecule has 3 rings (SSSR count). The van der Waals surface area contributed by atoms with Gasteiger partial charge in [-0.1, -0.05) is 74.5 Å². The molecule has 3 aromatic rings. The molecule has 1 heterocycles. The number of carbonyl (C=O) groups is 1. The quantitative estimate of drug-likeness (QED) is 0.569. The van der Waals surface area contributed by atoms with Gasteiger partial charge in [0, 0.05) is 31.3 Å². The fourth-order valence-corrected chi connectivity index (χ4v) is 3.10. The van der Waals surface area contributed by atoms with Crippen LogP contribution in [0.5, 0.6) is 0 Å². The molecule has 6 heteroatoms. The standard InChI is InChI=1S/C24H28FN4O/c1-24(2,23(30)27-15-20(25)14-26)13-22-28-21(19-11-7-4-8-12-19)17-29(22)16-18-9-5-3-6-10-18/h3-13,17,20H,14-16,26H2,1-2H3,(H,27,30)/t20-/m1/s1. The second-order valence-corrected chi connectivity index (χ2v) is 7.87. The topological polar surface area (TPSA) is 72.9 Å². The van der Waals surface area contributed by atoms with E-state index in [1.165, 1.54) is 0 Å². The van der Waals surface area contributed by atoms with Crippen molar-refractivity contribution < 1.29 is 9.18 Å². The van der Waals surface area contributed by atoms with Crippen LogP contribution in [0.25, 0.3) is 11.3 Å². The zero-order chi connectivity index (χ0) is 21.6. The Hall–Kier alpha value is -2.99. The second kappa shape index (κ2) is 9.67. The lowest BCUT2D eigenvalue weighted by molar-refractivity contribution is -0.127. The summed E-state index contributed by atoms with van der Waals surface area (Å²) >= 11 is 0. The molecule has 0 aliphatic heterocycles. The number of benzene rings is 2. The average molecular weight is 408 g/mol. The smallest absolute Gasteiger partial charge is 0.226 e. The van der Waals surface area contributed by atoms with E-state index in [0.717, 1.165) is 16.8 Å². The number of carbonyl (C=O) groups excluding carboxylic acids is 1. The van der Waals surface area contributed by atoms with Gasteiger partial charge in [-0.2, -0.15) is 0 Å². The molecule has 157 valence electrons. The van der Waals surface area contributed by atoms with E-state index in [1.54, 1.807) is 13.8 Å². The van der Waals surface area contributed by atoms with Crippen molar-refractivity contribution in [2.45, 2.75) is 26.6 Å². The molecule has 0 aliphatic carbocycles. The Bertz CT molecular complexity index is 954. The van der Waals surface area contributed by atoms with E-state index in [0.29, 0.717) is 12.4 Å². The third-order valence-electron chi connectivity index (χ3n) is 4.89. The number of nitrogens with one attached hydrogen (secondary N) is 1. The molecular weight excluding hydrogens is 379 g/mol. The SMILES string of the molecule is CC(C)([CH]c1nc(-c2ccccc2)cn1Cc1ccccc1)C(=O)NC[C@H](F)CN. The number of rotatable bonds is 9. The number of alkyl halides is 1. The minimum Gasteiger partial charge on any atom is -0.353 e. The molecule has 0 fully saturated rings. The van der Waals surface area contributed by atoms with Crippen LogP contribution in [0, 0.1) is 11.8 Å². The third kappa shape index (κ3) is 5.54. The molecule has 0 aliphatic rings. The summed E-state index contributed by atoms with van der Waals surface area (Å²) in [5, 5.41) is 2.64. The van der Waals surface area contributed by atoms with E-state index in [2.05, 4.69) is 17.4 Å². The summed E-state index contributed by atoms with van der Waals surface area (Å²) < 4.78 is 15.5. The summed E-state index contributed by atoms with van der Waals surface area (Å²) in [6.45, 7) is 4.00. The highest BCUT2D eigenvalue weighted by Crippen LogP contribution is 2.27. The van der Waals surface area contributed by atoms with Crippen LogP contribution >= 0.6 is 0 Å². The Kier molecular flexibility index (Phi) is 7.00. The van der Waals surface area contributed by atoms with E-state index >= 15 is 0 Å².